The third kappa shape index (κ3) is 1.91. The molecule has 0 aliphatic rings. The van der Waals surface area contributed by atoms with Crippen molar-refractivity contribution in [1.82, 2.24) is 0 Å². The van der Waals surface area contributed by atoms with E-state index in [0.717, 1.165) is 0 Å². The molecule has 0 atom stereocenters. The average molecular weight is 111 g/mol. The van der Waals surface area contributed by atoms with Crippen LogP contribution in [0, 0.1) is 4.91 Å². The summed E-state index contributed by atoms with van der Waals surface area (Å²) in [6, 6.07) is 0. The first-order valence-corrected chi connectivity index (χ1v) is 1.22. The Hall–Kier alpha value is -0.870. The van der Waals surface area contributed by atoms with Gasteiger partial charge in [0.15, 0.2) is 0 Å². The van der Waals surface area contributed by atoms with Gasteiger partial charge in [0.05, 0.1) is 0 Å². The van der Waals surface area contributed by atoms with Crippen LogP contribution < -0.4 is 0 Å². The van der Waals surface area contributed by atoms with Crippen LogP contribution in [0.3, 0.4) is 0 Å². The van der Waals surface area contributed by atoms with Crippen molar-refractivity contribution in [3.8, 4) is 0 Å². The van der Waals surface area contributed by atoms with E-state index in [1.807, 2.05) is 0 Å². The number of nitroso groups, excluding NO2 is 1. The monoisotopic (exact) mass is 111 g/mol. The maximum atomic E-state index is 10.9. The van der Waals surface area contributed by atoms with Gasteiger partial charge in [0.1, 0.15) is 0 Å². The highest BCUT2D eigenvalue weighted by molar-refractivity contribution is 4.87. The van der Waals surface area contributed by atoms with Gasteiger partial charge in [0, 0.05) is 5.18 Å². The minimum atomic E-state index is -2.69. The third-order valence-electron chi connectivity index (χ3n) is 0.236. The highest BCUT2D eigenvalue weighted by atomic mass is 19.3. The van der Waals surface area contributed by atoms with Crippen LogP contribution in [-0.2, 0) is 0 Å². The molecule has 0 heterocycles. The van der Waals surface area contributed by atoms with Crippen LogP contribution in [0.25, 0.3) is 0 Å². The predicted molar refractivity (Wildman–Crippen MR) is 16.1 cm³/mol. The van der Waals surface area contributed by atoms with Crippen LogP contribution in [-0.4, -0.2) is 0 Å². The van der Waals surface area contributed by atoms with Gasteiger partial charge >= 0.3 is 12.0 Å². The third-order valence-corrected chi connectivity index (χ3v) is 0.236. The van der Waals surface area contributed by atoms with Crippen molar-refractivity contribution in [2.75, 3.05) is 0 Å². The van der Waals surface area contributed by atoms with Gasteiger partial charge in [0.2, 0.25) is 0 Å². The molecule has 0 N–H and O–H groups in total. The van der Waals surface area contributed by atoms with Gasteiger partial charge in [-0.15, -0.1) is 4.91 Å². The van der Waals surface area contributed by atoms with Crippen molar-refractivity contribution < 1.29 is 13.2 Å². The molecule has 0 aliphatic heterocycles. The minimum Gasteiger partial charge on any atom is -0.175 e. The summed E-state index contributed by atoms with van der Waals surface area (Å²) in [5.74, 6) is -2.25. The molecule has 0 aromatic rings. The maximum absolute atomic E-state index is 10.9. The van der Waals surface area contributed by atoms with Gasteiger partial charge in [0.25, 0.3) is 0 Å². The van der Waals surface area contributed by atoms with Gasteiger partial charge in [-0.2, -0.15) is 13.2 Å². The van der Waals surface area contributed by atoms with Gasteiger partial charge < -0.3 is 0 Å². The largest absolute Gasteiger partial charge is 0.328 e. The van der Waals surface area contributed by atoms with Crippen molar-refractivity contribution in [2.45, 2.75) is 0 Å². The lowest BCUT2D eigenvalue weighted by molar-refractivity contribution is 0.377. The first-order valence-electron chi connectivity index (χ1n) is 1.22. The molecule has 0 aromatic carbocycles. The van der Waals surface area contributed by atoms with Crippen molar-refractivity contribution in [3.05, 3.63) is 16.9 Å². The van der Waals surface area contributed by atoms with E-state index < -0.39 is 12.0 Å². The standard InChI is InChI=1S/C2F3NO/c3-1(4)2(5)6-7. The normalized spacial score (nSPS) is 7.86. The van der Waals surface area contributed by atoms with E-state index in [9.17, 15) is 13.2 Å². The van der Waals surface area contributed by atoms with E-state index in [-0.39, 0.29) is 0 Å². The fourth-order valence-corrected chi connectivity index (χ4v) is 0.0345. The van der Waals surface area contributed by atoms with Gasteiger partial charge in [-0.25, -0.2) is 0 Å². The molecule has 0 spiro atoms. The Morgan fingerprint density at radius 3 is 1.71 bits per heavy atom. The summed E-state index contributed by atoms with van der Waals surface area (Å²) < 4.78 is 32.2. The summed E-state index contributed by atoms with van der Waals surface area (Å²) in [5.41, 5.74) is 0. The Balaban J connectivity index is 3.98. The van der Waals surface area contributed by atoms with Crippen LogP contribution in [0.2, 0.25) is 0 Å². The van der Waals surface area contributed by atoms with Crippen LogP contribution in [0.1, 0.15) is 0 Å². The zero-order valence-electron chi connectivity index (χ0n) is 2.99. The van der Waals surface area contributed by atoms with E-state index >= 15 is 0 Å². The lowest BCUT2D eigenvalue weighted by Gasteiger charge is -1.71. The molecule has 0 aliphatic carbocycles. The fourth-order valence-electron chi connectivity index (χ4n) is 0.0345. The van der Waals surface area contributed by atoms with Crippen LogP contribution in [0.4, 0.5) is 13.2 Å². The van der Waals surface area contributed by atoms with Crippen molar-refractivity contribution in [3.63, 3.8) is 0 Å². The lowest BCUT2D eigenvalue weighted by Crippen LogP contribution is -1.62. The Kier molecular flexibility index (Phi) is 2.04. The molecule has 0 radical (unpaired) electrons. The van der Waals surface area contributed by atoms with Gasteiger partial charge in [-0.3, -0.25) is 0 Å². The van der Waals surface area contributed by atoms with Crippen LogP contribution in [0.5, 0.6) is 0 Å². The van der Waals surface area contributed by atoms with E-state index in [1.165, 1.54) is 5.18 Å². The summed E-state index contributed by atoms with van der Waals surface area (Å²) in [4.78, 5) is 8.78. The summed E-state index contributed by atoms with van der Waals surface area (Å²) >= 11 is 0. The quantitative estimate of drug-likeness (QED) is 0.374. The molecule has 0 saturated heterocycles. The van der Waals surface area contributed by atoms with E-state index in [1.54, 1.807) is 0 Å². The lowest BCUT2D eigenvalue weighted by atomic mass is 10.9. The zero-order valence-corrected chi connectivity index (χ0v) is 2.99. The number of nitrogens with zero attached hydrogens (tertiary/aromatic N) is 1. The number of rotatable bonds is 1. The molecule has 5 heteroatoms. The Morgan fingerprint density at radius 2 is 1.71 bits per heavy atom. The summed E-state index contributed by atoms with van der Waals surface area (Å²) in [6.45, 7) is 0. The number of halogens is 3. The molecule has 0 saturated carbocycles. The molecule has 2 nitrogen and oxygen atoms in total. The topological polar surface area (TPSA) is 29.4 Å². The highest BCUT2D eigenvalue weighted by Gasteiger charge is 2.01. The van der Waals surface area contributed by atoms with E-state index in [0.29, 0.717) is 0 Å². The Morgan fingerprint density at radius 1 is 1.29 bits per heavy atom. The SMILES string of the molecule is O=NC(F)=C(F)F. The molecule has 0 amide bonds. The molecular weight excluding hydrogens is 111 g/mol. The zero-order chi connectivity index (χ0) is 5.86. The second kappa shape index (κ2) is 2.33. The van der Waals surface area contributed by atoms with Gasteiger partial charge in [-0.05, 0) is 0 Å². The van der Waals surface area contributed by atoms with Crippen molar-refractivity contribution >= 4 is 0 Å². The molecular formula is C2F3NO. The molecule has 0 fully saturated rings. The summed E-state index contributed by atoms with van der Waals surface area (Å²) in [5, 5.41) is 1.30. The predicted octanol–water partition coefficient (Wildman–Crippen LogP) is 1.79. The smallest absolute Gasteiger partial charge is 0.175 e. The average Bonchev–Trinajstić information content (AvgIpc) is 1.65. The maximum Gasteiger partial charge on any atom is 0.328 e. The molecule has 0 unspecified atom stereocenters. The molecule has 0 aromatic heterocycles. The molecule has 0 rings (SSSR count). The Bertz CT molecular complexity index is 106. The second-order valence-electron chi connectivity index (χ2n) is 0.643. The first-order chi connectivity index (χ1) is 3.18. The summed E-state index contributed by atoms with van der Waals surface area (Å²) in [7, 11) is 0. The van der Waals surface area contributed by atoms with Crippen molar-refractivity contribution in [1.29, 1.82) is 0 Å². The number of hydrogen-bond acceptors (Lipinski definition) is 2. The van der Waals surface area contributed by atoms with E-state index in [2.05, 4.69) is 0 Å². The molecule has 7 heavy (non-hydrogen) atoms. The minimum absolute atomic E-state index is 1.30. The highest BCUT2D eigenvalue weighted by Crippen LogP contribution is 2.08. The first kappa shape index (κ1) is 6.13. The van der Waals surface area contributed by atoms with E-state index in [4.69, 9.17) is 4.91 Å². The molecule has 40 valence electrons. The van der Waals surface area contributed by atoms with Crippen molar-refractivity contribution in [2.24, 2.45) is 5.18 Å². The molecule has 0 bridgehead atoms. The van der Waals surface area contributed by atoms with Crippen LogP contribution in [0.15, 0.2) is 17.2 Å². The number of hydrogen-bond donors (Lipinski definition) is 0. The summed E-state index contributed by atoms with van der Waals surface area (Å²) in [6.07, 6.45) is -2.69. The second-order valence-corrected chi connectivity index (χ2v) is 0.643. The van der Waals surface area contributed by atoms with Crippen LogP contribution >= 0.6 is 0 Å². The fraction of sp³-hybridized carbons (Fsp3) is 0. The Labute approximate surface area is 36.6 Å². The van der Waals surface area contributed by atoms with Gasteiger partial charge in [-0.1, -0.05) is 0 Å².